The molecule has 2 unspecified atom stereocenters. The third-order valence-electron chi connectivity index (χ3n) is 5.23. The van der Waals surface area contributed by atoms with E-state index in [-0.39, 0.29) is 17.8 Å². The Kier molecular flexibility index (Phi) is 7.19. The second kappa shape index (κ2) is 9.82. The molecule has 2 atom stereocenters. The molecule has 2 heterocycles. The number of benzene rings is 1. The third kappa shape index (κ3) is 5.41. The second-order valence-electron chi connectivity index (χ2n) is 7.41. The number of amides is 1. The molecular formula is C21H29FN4O2. The van der Waals surface area contributed by atoms with Gasteiger partial charge in [0.25, 0.3) is 5.91 Å². The van der Waals surface area contributed by atoms with Gasteiger partial charge in [0, 0.05) is 25.7 Å². The summed E-state index contributed by atoms with van der Waals surface area (Å²) in [6, 6.07) is 8.99. The average Bonchev–Trinajstić information content (AvgIpc) is 3.36. The zero-order valence-corrected chi connectivity index (χ0v) is 16.3. The van der Waals surface area contributed by atoms with E-state index >= 15 is 0 Å². The Morgan fingerprint density at radius 3 is 2.89 bits per heavy atom. The van der Waals surface area contributed by atoms with Gasteiger partial charge in [-0.3, -0.25) is 15.6 Å². The molecule has 1 aliphatic rings. The van der Waals surface area contributed by atoms with Gasteiger partial charge in [-0.2, -0.15) is 0 Å². The first-order valence-electron chi connectivity index (χ1n) is 9.86. The standard InChI is InChI=1S/C21H29FN4O2/c1-26(21(27)16-11-19(13-23)28-14-16)9-4-2-3-8-18-12-20(25-24-18)15-6-5-7-17(22)10-15/h5-7,10-11,14,18,20,24-25H,2-4,8-9,12-13,23H2,1H3. The number of rotatable bonds is 9. The van der Waals surface area contributed by atoms with Crippen molar-refractivity contribution in [1.82, 2.24) is 15.8 Å². The predicted molar refractivity (Wildman–Crippen MR) is 106 cm³/mol. The van der Waals surface area contributed by atoms with Crippen LogP contribution in [0.2, 0.25) is 0 Å². The van der Waals surface area contributed by atoms with Crippen LogP contribution in [0.1, 0.15) is 59.8 Å². The molecule has 3 rings (SSSR count). The van der Waals surface area contributed by atoms with Crippen molar-refractivity contribution < 1.29 is 13.6 Å². The topological polar surface area (TPSA) is 83.5 Å². The van der Waals surface area contributed by atoms with Crippen LogP contribution < -0.4 is 16.6 Å². The van der Waals surface area contributed by atoms with Crippen molar-refractivity contribution in [3.63, 3.8) is 0 Å². The van der Waals surface area contributed by atoms with Crippen LogP contribution in [0.3, 0.4) is 0 Å². The Morgan fingerprint density at radius 2 is 2.14 bits per heavy atom. The van der Waals surface area contributed by atoms with Gasteiger partial charge in [-0.15, -0.1) is 0 Å². The van der Waals surface area contributed by atoms with E-state index < -0.39 is 0 Å². The first-order chi connectivity index (χ1) is 13.6. The predicted octanol–water partition coefficient (Wildman–Crippen LogP) is 3.12. The molecule has 152 valence electrons. The molecule has 1 aromatic carbocycles. The summed E-state index contributed by atoms with van der Waals surface area (Å²) in [7, 11) is 1.81. The average molecular weight is 388 g/mol. The zero-order chi connectivity index (χ0) is 19.9. The molecule has 28 heavy (non-hydrogen) atoms. The van der Waals surface area contributed by atoms with E-state index in [9.17, 15) is 9.18 Å². The molecule has 1 fully saturated rings. The molecule has 0 aliphatic carbocycles. The van der Waals surface area contributed by atoms with Crippen molar-refractivity contribution in [1.29, 1.82) is 0 Å². The van der Waals surface area contributed by atoms with Crippen LogP contribution >= 0.6 is 0 Å². The lowest BCUT2D eigenvalue weighted by molar-refractivity contribution is 0.0791. The quantitative estimate of drug-likeness (QED) is 0.575. The Hall–Kier alpha value is -2.22. The first-order valence-corrected chi connectivity index (χ1v) is 9.86. The highest BCUT2D eigenvalue weighted by atomic mass is 19.1. The van der Waals surface area contributed by atoms with E-state index in [1.807, 2.05) is 13.1 Å². The van der Waals surface area contributed by atoms with Gasteiger partial charge in [-0.1, -0.05) is 25.0 Å². The van der Waals surface area contributed by atoms with Crippen LogP contribution in [0.5, 0.6) is 0 Å². The molecule has 7 heteroatoms. The van der Waals surface area contributed by atoms with E-state index in [0.29, 0.717) is 30.5 Å². The number of halogens is 1. The number of nitrogens with two attached hydrogens (primary N) is 1. The lowest BCUT2D eigenvalue weighted by Gasteiger charge is -2.16. The SMILES string of the molecule is CN(CCCCCC1CC(c2cccc(F)c2)NN1)C(=O)c1coc(CN)c1. The number of furan rings is 1. The molecule has 1 amide bonds. The maximum Gasteiger partial charge on any atom is 0.256 e. The van der Waals surface area contributed by atoms with Gasteiger partial charge in [0.2, 0.25) is 0 Å². The van der Waals surface area contributed by atoms with Crippen molar-refractivity contribution >= 4 is 5.91 Å². The van der Waals surface area contributed by atoms with Gasteiger partial charge in [0.1, 0.15) is 17.8 Å². The summed E-state index contributed by atoms with van der Waals surface area (Å²) >= 11 is 0. The van der Waals surface area contributed by atoms with Crippen molar-refractivity contribution in [3.8, 4) is 0 Å². The molecule has 0 bridgehead atoms. The maximum absolute atomic E-state index is 13.4. The smallest absolute Gasteiger partial charge is 0.256 e. The number of hydrogen-bond donors (Lipinski definition) is 3. The van der Waals surface area contributed by atoms with E-state index in [0.717, 1.165) is 37.7 Å². The van der Waals surface area contributed by atoms with Crippen LogP contribution in [0.15, 0.2) is 41.0 Å². The minimum Gasteiger partial charge on any atom is -0.467 e. The molecule has 1 aromatic heterocycles. The normalized spacial score (nSPS) is 19.1. The molecule has 1 saturated heterocycles. The van der Waals surface area contributed by atoms with Gasteiger partial charge in [-0.25, -0.2) is 4.39 Å². The highest BCUT2D eigenvalue weighted by Crippen LogP contribution is 2.25. The molecule has 6 nitrogen and oxygen atoms in total. The highest BCUT2D eigenvalue weighted by Gasteiger charge is 2.24. The number of hydrazine groups is 1. The lowest BCUT2D eigenvalue weighted by Crippen LogP contribution is -2.30. The first kappa shape index (κ1) is 20.5. The fraction of sp³-hybridized carbons (Fsp3) is 0.476. The van der Waals surface area contributed by atoms with Crippen LogP contribution in [-0.2, 0) is 6.54 Å². The summed E-state index contributed by atoms with van der Waals surface area (Å²) in [5.41, 5.74) is 13.6. The Morgan fingerprint density at radius 1 is 1.29 bits per heavy atom. The summed E-state index contributed by atoms with van der Waals surface area (Å²) in [5.74, 6) is 0.380. The maximum atomic E-state index is 13.4. The molecule has 0 spiro atoms. The van der Waals surface area contributed by atoms with E-state index in [4.69, 9.17) is 10.2 Å². The molecular weight excluding hydrogens is 359 g/mol. The molecule has 2 aromatic rings. The number of hydrogen-bond acceptors (Lipinski definition) is 5. The van der Waals surface area contributed by atoms with Gasteiger partial charge in [0.15, 0.2) is 0 Å². The molecule has 0 saturated carbocycles. The number of nitrogens with one attached hydrogen (secondary N) is 2. The van der Waals surface area contributed by atoms with Crippen molar-refractivity contribution in [2.24, 2.45) is 5.73 Å². The minimum atomic E-state index is -0.198. The van der Waals surface area contributed by atoms with Gasteiger partial charge >= 0.3 is 0 Å². The van der Waals surface area contributed by atoms with Gasteiger partial charge in [0.05, 0.1) is 12.1 Å². The summed E-state index contributed by atoms with van der Waals surface area (Å²) in [4.78, 5) is 14.0. The third-order valence-corrected chi connectivity index (χ3v) is 5.23. The fourth-order valence-corrected chi connectivity index (χ4v) is 3.59. The van der Waals surface area contributed by atoms with Crippen molar-refractivity contribution in [2.45, 2.75) is 50.7 Å². The van der Waals surface area contributed by atoms with Gasteiger partial charge < -0.3 is 15.1 Å². The summed E-state index contributed by atoms with van der Waals surface area (Å²) in [5, 5.41) is 0. The summed E-state index contributed by atoms with van der Waals surface area (Å²) in [6.07, 6.45) is 6.57. The van der Waals surface area contributed by atoms with E-state index in [2.05, 4.69) is 10.9 Å². The van der Waals surface area contributed by atoms with Crippen molar-refractivity contribution in [3.05, 3.63) is 59.3 Å². The van der Waals surface area contributed by atoms with Crippen molar-refractivity contribution in [2.75, 3.05) is 13.6 Å². The van der Waals surface area contributed by atoms with E-state index in [1.54, 1.807) is 23.1 Å². The number of carbonyl (C=O) groups is 1. The Balaban J connectivity index is 1.32. The number of carbonyl (C=O) groups excluding carboxylic acids is 1. The largest absolute Gasteiger partial charge is 0.467 e. The second-order valence-corrected chi connectivity index (χ2v) is 7.41. The summed E-state index contributed by atoms with van der Waals surface area (Å²) in [6.45, 7) is 1.01. The minimum absolute atomic E-state index is 0.0388. The number of unbranched alkanes of at least 4 members (excludes halogenated alkanes) is 2. The van der Waals surface area contributed by atoms with Gasteiger partial charge in [-0.05, 0) is 43.0 Å². The molecule has 0 radical (unpaired) electrons. The van der Waals surface area contributed by atoms with E-state index in [1.165, 1.54) is 12.3 Å². The number of nitrogens with zero attached hydrogens (tertiary/aromatic N) is 1. The molecule has 1 aliphatic heterocycles. The Labute approximate surface area is 165 Å². The zero-order valence-electron chi connectivity index (χ0n) is 16.3. The lowest BCUT2D eigenvalue weighted by atomic mass is 9.99. The molecule has 4 N–H and O–H groups in total. The monoisotopic (exact) mass is 388 g/mol. The summed E-state index contributed by atoms with van der Waals surface area (Å²) < 4.78 is 18.6. The Bertz CT molecular complexity index is 779. The van der Waals surface area contributed by atoms with Crippen LogP contribution in [0, 0.1) is 5.82 Å². The van der Waals surface area contributed by atoms with Crippen LogP contribution in [-0.4, -0.2) is 30.4 Å². The highest BCUT2D eigenvalue weighted by molar-refractivity contribution is 5.93. The fourth-order valence-electron chi connectivity index (χ4n) is 3.59. The van der Waals surface area contributed by atoms with Crippen LogP contribution in [0.25, 0.3) is 0 Å². The van der Waals surface area contributed by atoms with Crippen LogP contribution in [0.4, 0.5) is 4.39 Å².